The molecule has 1 atom stereocenters. The highest BCUT2D eigenvalue weighted by atomic mass is 32.2. The zero-order valence-electron chi connectivity index (χ0n) is 18.6. The van der Waals surface area contributed by atoms with Crippen molar-refractivity contribution in [3.8, 4) is 0 Å². The van der Waals surface area contributed by atoms with Crippen LogP contribution in [-0.4, -0.2) is 37.6 Å². The van der Waals surface area contributed by atoms with Crippen LogP contribution < -0.4 is 10.6 Å². The number of sulfonamides is 1. The van der Waals surface area contributed by atoms with Crippen LogP contribution in [0.5, 0.6) is 0 Å². The molecule has 3 aromatic rings. The number of hydrogen-bond donors (Lipinski definition) is 2. The summed E-state index contributed by atoms with van der Waals surface area (Å²) in [5, 5.41) is 5.35. The van der Waals surface area contributed by atoms with Gasteiger partial charge in [0.05, 0.1) is 10.8 Å². The zero-order valence-corrected chi connectivity index (χ0v) is 19.4. The lowest BCUT2D eigenvalue weighted by molar-refractivity contribution is -0.120. The normalized spacial score (nSPS) is 16.5. The number of carbonyl (C=O) groups is 2. The van der Waals surface area contributed by atoms with Crippen molar-refractivity contribution in [3.63, 3.8) is 0 Å². The van der Waals surface area contributed by atoms with Crippen LogP contribution >= 0.6 is 0 Å². The van der Waals surface area contributed by atoms with E-state index in [0.717, 1.165) is 12.1 Å². The smallest absolute Gasteiger partial charge is 0.255 e. The molecule has 10 heteroatoms. The lowest BCUT2D eigenvalue weighted by Crippen LogP contribution is -2.43. The molecule has 2 amide bonds. The number of anilines is 2. The first-order valence-electron chi connectivity index (χ1n) is 11.0. The number of benzene rings is 3. The highest BCUT2D eigenvalue weighted by molar-refractivity contribution is 7.89. The quantitative estimate of drug-likeness (QED) is 0.530. The highest BCUT2D eigenvalue weighted by Crippen LogP contribution is 2.25. The molecule has 1 unspecified atom stereocenters. The molecule has 1 fully saturated rings. The monoisotopic (exact) mass is 499 g/mol. The molecule has 182 valence electrons. The first kappa shape index (κ1) is 24.5. The maximum absolute atomic E-state index is 13.4. The van der Waals surface area contributed by atoms with Gasteiger partial charge in [-0.3, -0.25) is 9.59 Å². The van der Waals surface area contributed by atoms with Crippen LogP contribution in [0.25, 0.3) is 0 Å². The lowest BCUT2D eigenvalue weighted by Gasteiger charge is -2.31. The van der Waals surface area contributed by atoms with Gasteiger partial charge in [0.2, 0.25) is 15.9 Å². The topological polar surface area (TPSA) is 95.6 Å². The van der Waals surface area contributed by atoms with Gasteiger partial charge >= 0.3 is 0 Å². The van der Waals surface area contributed by atoms with Crippen LogP contribution in [-0.2, 0) is 14.8 Å². The van der Waals surface area contributed by atoms with Crippen LogP contribution in [0.3, 0.4) is 0 Å². The van der Waals surface area contributed by atoms with Crippen molar-refractivity contribution in [1.82, 2.24) is 4.31 Å². The minimum absolute atomic E-state index is 0.00864. The first-order valence-corrected chi connectivity index (χ1v) is 12.4. The van der Waals surface area contributed by atoms with E-state index in [4.69, 9.17) is 0 Å². The first-order chi connectivity index (χ1) is 16.7. The summed E-state index contributed by atoms with van der Waals surface area (Å²) in [4.78, 5) is 25.4. The maximum Gasteiger partial charge on any atom is 0.255 e. The summed E-state index contributed by atoms with van der Waals surface area (Å²) in [5.41, 5.74) is 0.936. The van der Waals surface area contributed by atoms with Gasteiger partial charge in [0.1, 0.15) is 11.6 Å². The Balaban J connectivity index is 1.42. The molecule has 1 aliphatic rings. The van der Waals surface area contributed by atoms with E-state index in [1.165, 1.54) is 40.7 Å². The number of piperidine rings is 1. The van der Waals surface area contributed by atoms with Crippen molar-refractivity contribution in [2.24, 2.45) is 5.92 Å². The van der Waals surface area contributed by atoms with E-state index < -0.39 is 33.5 Å². The predicted molar refractivity (Wildman–Crippen MR) is 127 cm³/mol. The van der Waals surface area contributed by atoms with Crippen molar-refractivity contribution >= 4 is 33.2 Å². The molecule has 7 nitrogen and oxygen atoms in total. The third-order valence-electron chi connectivity index (χ3n) is 5.68. The Hall–Kier alpha value is -3.63. The van der Waals surface area contributed by atoms with Crippen LogP contribution in [0.4, 0.5) is 20.2 Å². The fraction of sp³-hybridized carbons (Fsp3) is 0.200. The number of amides is 2. The maximum atomic E-state index is 13.4. The molecular weight excluding hydrogens is 476 g/mol. The fourth-order valence-electron chi connectivity index (χ4n) is 3.88. The van der Waals surface area contributed by atoms with E-state index in [-0.39, 0.29) is 29.5 Å². The van der Waals surface area contributed by atoms with Crippen molar-refractivity contribution in [2.45, 2.75) is 17.7 Å². The van der Waals surface area contributed by atoms with Crippen molar-refractivity contribution in [1.29, 1.82) is 0 Å². The van der Waals surface area contributed by atoms with Gasteiger partial charge in [-0.25, -0.2) is 17.2 Å². The number of nitrogens with one attached hydrogen (secondary N) is 2. The molecule has 1 aliphatic heterocycles. The van der Waals surface area contributed by atoms with Gasteiger partial charge in [0.25, 0.3) is 5.91 Å². The third-order valence-corrected chi connectivity index (χ3v) is 7.56. The fourth-order valence-corrected chi connectivity index (χ4v) is 5.41. The molecule has 1 saturated heterocycles. The lowest BCUT2D eigenvalue weighted by atomic mass is 9.98. The van der Waals surface area contributed by atoms with Crippen LogP contribution in [0.1, 0.15) is 23.2 Å². The summed E-state index contributed by atoms with van der Waals surface area (Å²) >= 11 is 0. The van der Waals surface area contributed by atoms with E-state index in [0.29, 0.717) is 24.2 Å². The van der Waals surface area contributed by atoms with Crippen molar-refractivity contribution < 1.29 is 26.8 Å². The minimum atomic E-state index is -3.86. The summed E-state index contributed by atoms with van der Waals surface area (Å²) in [5.74, 6) is -2.45. The Bertz CT molecular complexity index is 1350. The third kappa shape index (κ3) is 5.90. The number of halogens is 2. The minimum Gasteiger partial charge on any atom is -0.326 e. The van der Waals surface area contributed by atoms with Gasteiger partial charge in [0, 0.05) is 30.0 Å². The van der Waals surface area contributed by atoms with E-state index >= 15 is 0 Å². The van der Waals surface area contributed by atoms with Gasteiger partial charge in [-0.05, 0) is 73.5 Å². The molecular formula is C25H23F2N3O4S. The Labute approximate surface area is 201 Å². The second kappa shape index (κ2) is 10.3. The number of nitrogens with zero attached hydrogens (tertiary/aromatic N) is 1. The molecule has 0 bridgehead atoms. The van der Waals surface area contributed by atoms with Crippen molar-refractivity contribution in [2.75, 3.05) is 23.7 Å². The summed E-state index contributed by atoms with van der Waals surface area (Å²) < 4.78 is 53.6. The van der Waals surface area contributed by atoms with Gasteiger partial charge in [0.15, 0.2) is 0 Å². The molecule has 0 aliphatic carbocycles. The summed E-state index contributed by atoms with van der Waals surface area (Å²) in [6.07, 6.45) is 0.996. The van der Waals surface area contributed by atoms with Gasteiger partial charge in [-0.2, -0.15) is 4.31 Å². The molecule has 0 saturated carbocycles. The standard InChI is InChI=1S/C25H23F2N3O4S/c26-19-9-11-23(12-10-19)35(33,34)30-13-3-5-18(16-30)25(32)28-21-7-1-4-17(14-21)24(31)29-22-8-2-6-20(27)15-22/h1-2,4,6-12,14-15,18H,3,5,13,16H2,(H,28,32)(H,29,31). The highest BCUT2D eigenvalue weighted by Gasteiger charge is 2.33. The SMILES string of the molecule is O=C(Nc1cccc(F)c1)c1cccc(NC(=O)C2CCCN(S(=O)(=O)c3ccc(F)cc3)C2)c1. The number of carbonyl (C=O) groups excluding carboxylic acids is 2. The Morgan fingerprint density at radius 1 is 0.857 bits per heavy atom. The van der Waals surface area contributed by atoms with E-state index in [2.05, 4.69) is 10.6 Å². The Kier molecular flexibility index (Phi) is 7.23. The predicted octanol–water partition coefficient (Wildman–Crippen LogP) is 4.26. The molecule has 1 heterocycles. The molecule has 35 heavy (non-hydrogen) atoms. The summed E-state index contributed by atoms with van der Waals surface area (Å²) in [6.45, 7) is 0.254. The molecule has 4 rings (SSSR count). The van der Waals surface area contributed by atoms with E-state index in [1.807, 2.05) is 0 Å². The van der Waals surface area contributed by atoms with E-state index in [9.17, 15) is 26.8 Å². The van der Waals surface area contributed by atoms with Gasteiger partial charge < -0.3 is 10.6 Å². The second-order valence-corrected chi connectivity index (χ2v) is 10.1. The summed E-state index contributed by atoms with van der Waals surface area (Å²) in [7, 11) is -3.86. The Morgan fingerprint density at radius 3 is 2.26 bits per heavy atom. The molecule has 0 radical (unpaired) electrons. The van der Waals surface area contributed by atoms with Crippen molar-refractivity contribution in [3.05, 3.63) is 90.0 Å². The molecule has 2 N–H and O–H groups in total. The molecule has 0 aromatic heterocycles. The van der Waals surface area contributed by atoms with Gasteiger partial charge in [-0.15, -0.1) is 0 Å². The zero-order chi connectivity index (χ0) is 25.0. The van der Waals surface area contributed by atoms with Gasteiger partial charge in [-0.1, -0.05) is 12.1 Å². The molecule has 0 spiro atoms. The van der Waals surface area contributed by atoms with E-state index in [1.54, 1.807) is 24.3 Å². The molecule has 3 aromatic carbocycles. The van der Waals surface area contributed by atoms with Crippen LogP contribution in [0.2, 0.25) is 0 Å². The largest absolute Gasteiger partial charge is 0.326 e. The van der Waals surface area contributed by atoms with Crippen LogP contribution in [0, 0.1) is 17.6 Å². The number of hydrogen-bond acceptors (Lipinski definition) is 4. The number of rotatable bonds is 6. The summed E-state index contributed by atoms with van der Waals surface area (Å²) in [6, 6.07) is 16.3. The second-order valence-electron chi connectivity index (χ2n) is 8.19. The van der Waals surface area contributed by atoms with Crippen LogP contribution in [0.15, 0.2) is 77.7 Å². The average Bonchev–Trinajstić information content (AvgIpc) is 2.84. The Morgan fingerprint density at radius 2 is 1.54 bits per heavy atom. The average molecular weight is 500 g/mol.